The van der Waals surface area contributed by atoms with E-state index in [1.807, 2.05) is 12.2 Å². The van der Waals surface area contributed by atoms with E-state index in [0.29, 0.717) is 6.04 Å². The largest absolute Gasteiger partial charge is 0.346 e. The summed E-state index contributed by atoms with van der Waals surface area (Å²) in [6.07, 6.45) is 13.1. The maximum atomic E-state index is 12.6. The molecule has 130 valence electrons. The van der Waals surface area contributed by atoms with Crippen molar-refractivity contribution in [3.8, 4) is 0 Å². The number of aromatic nitrogens is 1. The summed E-state index contributed by atoms with van der Waals surface area (Å²) in [4.78, 5) is 14.7. The first-order chi connectivity index (χ1) is 11.6. The maximum absolute atomic E-state index is 12.6. The Hall–Kier alpha value is -1.51. The lowest BCUT2D eigenvalue weighted by Gasteiger charge is -2.41. The summed E-state index contributed by atoms with van der Waals surface area (Å²) in [6, 6.07) is 2.93. The SMILES string of the molecule is Cc1cc(/C=C/C(=O)N2CC[C@@H]3CCCC[C@H]3C2)c(C)n1C1CC1. The van der Waals surface area contributed by atoms with Gasteiger partial charge in [-0.15, -0.1) is 0 Å². The molecule has 2 saturated carbocycles. The standard InChI is InChI=1S/C21H30N2O/c1-15-13-18(16(2)23(15)20-8-9-20)7-10-21(24)22-12-11-17-5-3-4-6-19(17)14-22/h7,10,13,17,19-20H,3-6,8-9,11-12,14H2,1-2H3/b10-7+/t17-,19-/m0/s1. The van der Waals surface area contributed by atoms with E-state index in [2.05, 4.69) is 29.4 Å². The number of fused-ring (bicyclic) bond motifs is 1. The minimum absolute atomic E-state index is 0.204. The average molecular weight is 326 g/mol. The van der Waals surface area contributed by atoms with Gasteiger partial charge in [0, 0.05) is 36.6 Å². The van der Waals surface area contributed by atoms with E-state index in [1.54, 1.807) is 0 Å². The number of amides is 1. The van der Waals surface area contributed by atoms with E-state index < -0.39 is 0 Å². The molecule has 0 spiro atoms. The van der Waals surface area contributed by atoms with E-state index in [4.69, 9.17) is 0 Å². The second-order valence-corrected chi connectivity index (χ2v) is 8.14. The normalized spacial score (nSPS) is 27.5. The molecule has 1 aromatic rings. The molecule has 0 unspecified atom stereocenters. The predicted octanol–water partition coefficient (Wildman–Crippen LogP) is 4.49. The third kappa shape index (κ3) is 3.05. The van der Waals surface area contributed by atoms with E-state index >= 15 is 0 Å². The summed E-state index contributed by atoms with van der Waals surface area (Å²) < 4.78 is 2.44. The fourth-order valence-corrected chi connectivity index (χ4v) is 4.93. The monoisotopic (exact) mass is 326 g/mol. The zero-order valence-electron chi connectivity index (χ0n) is 15.1. The number of aryl methyl sites for hydroxylation is 1. The Kier molecular flexibility index (Phi) is 4.28. The summed E-state index contributed by atoms with van der Waals surface area (Å²) in [7, 11) is 0. The lowest BCUT2D eigenvalue weighted by Crippen LogP contribution is -2.44. The summed E-state index contributed by atoms with van der Waals surface area (Å²) in [5.41, 5.74) is 3.84. The van der Waals surface area contributed by atoms with Gasteiger partial charge in [-0.2, -0.15) is 0 Å². The highest BCUT2D eigenvalue weighted by Crippen LogP contribution is 2.39. The number of hydrogen-bond acceptors (Lipinski definition) is 1. The highest BCUT2D eigenvalue weighted by molar-refractivity contribution is 5.92. The zero-order chi connectivity index (χ0) is 16.7. The molecule has 1 amide bonds. The Morgan fingerprint density at radius 3 is 2.58 bits per heavy atom. The van der Waals surface area contributed by atoms with Gasteiger partial charge in [-0.3, -0.25) is 4.79 Å². The zero-order valence-corrected chi connectivity index (χ0v) is 15.1. The van der Waals surface area contributed by atoms with Crippen molar-refractivity contribution in [2.45, 2.75) is 64.8 Å². The van der Waals surface area contributed by atoms with Crippen molar-refractivity contribution in [1.29, 1.82) is 0 Å². The molecule has 3 heteroatoms. The highest BCUT2D eigenvalue weighted by Gasteiger charge is 2.32. The molecule has 3 fully saturated rings. The number of carbonyl (C=O) groups excluding carboxylic acids is 1. The number of rotatable bonds is 3. The number of carbonyl (C=O) groups is 1. The molecule has 2 aliphatic carbocycles. The Morgan fingerprint density at radius 2 is 1.83 bits per heavy atom. The molecule has 0 bridgehead atoms. The van der Waals surface area contributed by atoms with Gasteiger partial charge in [-0.1, -0.05) is 19.3 Å². The molecule has 0 aromatic carbocycles. The van der Waals surface area contributed by atoms with Crippen LogP contribution in [0.5, 0.6) is 0 Å². The van der Waals surface area contributed by atoms with Crippen LogP contribution in [0.4, 0.5) is 0 Å². The molecule has 3 aliphatic rings. The van der Waals surface area contributed by atoms with Gasteiger partial charge in [0.1, 0.15) is 0 Å². The van der Waals surface area contributed by atoms with Gasteiger partial charge < -0.3 is 9.47 Å². The molecule has 4 rings (SSSR count). The molecule has 3 nitrogen and oxygen atoms in total. The van der Waals surface area contributed by atoms with Crippen LogP contribution in [0.25, 0.3) is 6.08 Å². The molecule has 0 radical (unpaired) electrons. The first-order valence-corrected chi connectivity index (χ1v) is 9.79. The van der Waals surface area contributed by atoms with Gasteiger partial charge in [-0.25, -0.2) is 0 Å². The number of nitrogens with zero attached hydrogens (tertiary/aromatic N) is 2. The van der Waals surface area contributed by atoms with Crippen LogP contribution in [0.15, 0.2) is 12.1 Å². The van der Waals surface area contributed by atoms with Crippen LogP contribution in [-0.4, -0.2) is 28.5 Å². The van der Waals surface area contributed by atoms with E-state index in [-0.39, 0.29) is 5.91 Å². The number of piperidine rings is 1. The van der Waals surface area contributed by atoms with E-state index in [0.717, 1.165) is 24.9 Å². The minimum atomic E-state index is 0.204. The lowest BCUT2D eigenvalue weighted by atomic mass is 9.75. The summed E-state index contributed by atoms with van der Waals surface area (Å²) >= 11 is 0. The molecule has 2 heterocycles. The Balaban J connectivity index is 1.42. The third-order valence-corrected chi connectivity index (χ3v) is 6.44. The van der Waals surface area contributed by atoms with Crippen LogP contribution in [0.1, 0.15) is 67.9 Å². The van der Waals surface area contributed by atoms with Gasteiger partial charge in [0.05, 0.1) is 0 Å². The third-order valence-electron chi connectivity index (χ3n) is 6.44. The van der Waals surface area contributed by atoms with E-state index in [1.165, 1.54) is 61.9 Å². The lowest BCUT2D eigenvalue weighted by molar-refractivity contribution is -0.128. The van der Waals surface area contributed by atoms with Gasteiger partial charge >= 0.3 is 0 Å². The second kappa shape index (κ2) is 6.42. The van der Waals surface area contributed by atoms with Crippen molar-refractivity contribution in [3.63, 3.8) is 0 Å². The first-order valence-electron chi connectivity index (χ1n) is 9.79. The molecular weight excluding hydrogens is 296 g/mol. The van der Waals surface area contributed by atoms with Crippen molar-refractivity contribution in [3.05, 3.63) is 29.1 Å². The molecule has 0 N–H and O–H groups in total. The summed E-state index contributed by atoms with van der Waals surface area (Å²) in [5, 5.41) is 0. The van der Waals surface area contributed by atoms with Crippen molar-refractivity contribution in [1.82, 2.24) is 9.47 Å². The van der Waals surface area contributed by atoms with Gasteiger partial charge in [-0.05, 0) is 69.1 Å². The Bertz CT molecular complexity index is 653. The predicted molar refractivity (Wildman–Crippen MR) is 97.9 cm³/mol. The number of likely N-dealkylation sites (tertiary alicyclic amines) is 1. The summed E-state index contributed by atoms with van der Waals surface area (Å²) in [6.45, 7) is 6.29. The van der Waals surface area contributed by atoms with Gasteiger partial charge in [0.25, 0.3) is 0 Å². The van der Waals surface area contributed by atoms with Crippen LogP contribution in [0, 0.1) is 25.7 Å². The van der Waals surface area contributed by atoms with Crippen LogP contribution in [0.3, 0.4) is 0 Å². The highest BCUT2D eigenvalue weighted by atomic mass is 16.2. The molecule has 1 aromatic heterocycles. The number of hydrogen-bond donors (Lipinski definition) is 0. The van der Waals surface area contributed by atoms with Crippen molar-refractivity contribution >= 4 is 12.0 Å². The molecular formula is C21H30N2O. The molecule has 1 aliphatic heterocycles. The second-order valence-electron chi connectivity index (χ2n) is 8.14. The van der Waals surface area contributed by atoms with Gasteiger partial charge in [0.15, 0.2) is 0 Å². The van der Waals surface area contributed by atoms with Crippen LogP contribution < -0.4 is 0 Å². The van der Waals surface area contributed by atoms with Crippen molar-refractivity contribution in [2.75, 3.05) is 13.1 Å². The Morgan fingerprint density at radius 1 is 1.08 bits per heavy atom. The fourth-order valence-electron chi connectivity index (χ4n) is 4.93. The Labute approximate surface area is 145 Å². The van der Waals surface area contributed by atoms with Crippen LogP contribution >= 0.6 is 0 Å². The van der Waals surface area contributed by atoms with Gasteiger partial charge in [0.2, 0.25) is 5.91 Å². The van der Waals surface area contributed by atoms with Crippen molar-refractivity contribution < 1.29 is 4.79 Å². The summed E-state index contributed by atoms with van der Waals surface area (Å²) in [5.74, 6) is 1.84. The van der Waals surface area contributed by atoms with Crippen molar-refractivity contribution in [2.24, 2.45) is 11.8 Å². The fraction of sp³-hybridized carbons (Fsp3) is 0.667. The van der Waals surface area contributed by atoms with Crippen LogP contribution in [0.2, 0.25) is 0 Å². The smallest absolute Gasteiger partial charge is 0.246 e. The minimum Gasteiger partial charge on any atom is -0.346 e. The maximum Gasteiger partial charge on any atom is 0.246 e. The van der Waals surface area contributed by atoms with E-state index in [9.17, 15) is 4.79 Å². The first kappa shape index (κ1) is 16.0. The van der Waals surface area contributed by atoms with Crippen LogP contribution in [-0.2, 0) is 4.79 Å². The molecule has 2 atom stereocenters. The quantitative estimate of drug-likeness (QED) is 0.751. The molecule has 1 saturated heterocycles. The molecule has 24 heavy (non-hydrogen) atoms. The topological polar surface area (TPSA) is 25.2 Å². The average Bonchev–Trinajstić information content (AvgIpc) is 3.38.